The van der Waals surface area contributed by atoms with E-state index in [1.165, 1.54) is 18.3 Å². The van der Waals surface area contributed by atoms with Crippen molar-refractivity contribution in [3.8, 4) is 5.75 Å². The van der Waals surface area contributed by atoms with E-state index < -0.39 is 34.2 Å². The average molecular weight is 449 g/mol. The molecule has 0 saturated carbocycles. The molecular formula is C21H19F2N2O5S-. The van der Waals surface area contributed by atoms with Gasteiger partial charge in [0.1, 0.15) is 24.0 Å². The molecule has 1 unspecified atom stereocenters. The highest BCUT2D eigenvalue weighted by molar-refractivity contribution is 7.77. The largest absolute Gasteiger partial charge is 0.760 e. The third kappa shape index (κ3) is 5.88. The predicted molar refractivity (Wildman–Crippen MR) is 109 cm³/mol. The van der Waals surface area contributed by atoms with Crippen LogP contribution >= 0.6 is 0 Å². The number of nitrogens with zero attached hydrogens (tertiary/aromatic N) is 1. The molecule has 1 aromatic heterocycles. The summed E-state index contributed by atoms with van der Waals surface area (Å²) in [6.07, 6.45) is 1.77. The maximum Gasteiger partial charge on any atom is 0.196 e. The number of hydrogen-bond donors (Lipinski definition) is 2. The maximum atomic E-state index is 14.9. The number of nitrogens with one attached hydrogen (secondary N) is 1. The Balaban J connectivity index is 1.87. The van der Waals surface area contributed by atoms with E-state index in [9.17, 15) is 22.3 Å². The molecule has 0 radical (unpaired) electrons. The van der Waals surface area contributed by atoms with Crippen LogP contribution in [0, 0.1) is 11.6 Å². The minimum absolute atomic E-state index is 0.0102. The summed E-state index contributed by atoms with van der Waals surface area (Å²) in [5.41, 5.74) is 0.309. The molecule has 0 amide bonds. The van der Waals surface area contributed by atoms with Gasteiger partial charge in [0.25, 0.3) is 0 Å². The molecule has 10 heteroatoms. The zero-order chi connectivity index (χ0) is 22.4. The van der Waals surface area contributed by atoms with Gasteiger partial charge in [0.15, 0.2) is 5.78 Å². The lowest BCUT2D eigenvalue weighted by Crippen LogP contribution is -2.18. The number of fused-ring (bicyclic) bond motifs is 1. The lowest BCUT2D eigenvalue weighted by molar-refractivity contribution is 0.103. The van der Waals surface area contributed by atoms with Gasteiger partial charge in [0, 0.05) is 28.8 Å². The summed E-state index contributed by atoms with van der Waals surface area (Å²) < 4.78 is 57.4. The highest BCUT2D eigenvalue weighted by Crippen LogP contribution is 2.24. The second kappa shape index (κ2) is 10.5. The van der Waals surface area contributed by atoms with Crippen molar-refractivity contribution in [3.05, 3.63) is 70.9 Å². The van der Waals surface area contributed by atoms with E-state index in [4.69, 9.17) is 9.84 Å². The van der Waals surface area contributed by atoms with Crippen LogP contribution in [0.3, 0.4) is 0 Å². The molecule has 0 aliphatic rings. The molecule has 0 aliphatic carbocycles. The molecule has 3 aromatic rings. The second-order valence-corrected chi connectivity index (χ2v) is 7.40. The van der Waals surface area contributed by atoms with E-state index in [2.05, 4.69) is 9.71 Å². The summed E-state index contributed by atoms with van der Waals surface area (Å²) in [4.78, 5) is 17.1. The third-order valence-electron chi connectivity index (χ3n) is 4.48. The van der Waals surface area contributed by atoms with Crippen LogP contribution in [0.1, 0.15) is 27.9 Å². The number of aliphatic hydroxyl groups excluding tert-OH is 1. The molecule has 31 heavy (non-hydrogen) atoms. The molecule has 1 heterocycles. The standard InChI is InChI=1S/C21H20F2N2O5S/c22-16-9-13(2-1-5-25-31(28)29)20(23)18(11-16)21(27)14-3-4-19-15(8-14)10-17(12-24-19)30-7-6-26/h3-4,8-12,25-26H,1-2,5-7H2,(H,28,29)/p-1. The van der Waals surface area contributed by atoms with E-state index in [0.717, 1.165) is 12.1 Å². The molecule has 2 aromatic carbocycles. The van der Waals surface area contributed by atoms with E-state index in [1.807, 2.05) is 0 Å². The van der Waals surface area contributed by atoms with E-state index in [0.29, 0.717) is 16.7 Å². The summed E-state index contributed by atoms with van der Waals surface area (Å²) in [5, 5.41) is 9.42. The Morgan fingerprint density at radius 3 is 2.77 bits per heavy atom. The van der Waals surface area contributed by atoms with Gasteiger partial charge in [-0.15, -0.1) is 0 Å². The second-order valence-electron chi connectivity index (χ2n) is 6.64. The number of hydrogen-bond acceptors (Lipinski definition) is 6. The highest BCUT2D eigenvalue weighted by atomic mass is 32.2. The average Bonchev–Trinajstić information content (AvgIpc) is 2.76. The molecule has 0 bridgehead atoms. The van der Waals surface area contributed by atoms with Gasteiger partial charge < -0.3 is 14.4 Å². The van der Waals surface area contributed by atoms with Crippen molar-refractivity contribution in [1.82, 2.24) is 9.71 Å². The molecule has 0 fully saturated rings. The minimum Gasteiger partial charge on any atom is -0.760 e. The molecule has 7 nitrogen and oxygen atoms in total. The molecular weight excluding hydrogens is 430 g/mol. The number of aryl methyl sites for hydroxylation is 1. The van der Waals surface area contributed by atoms with Crippen LogP contribution in [0.4, 0.5) is 8.78 Å². The number of ketones is 1. The fraction of sp³-hybridized carbons (Fsp3) is 0.238. The molecule has 1 atom stereocenters. The molecule has 164 valence electrons. The van der Waals surface area contributed by atoms with E-state index >= 15 is 0 Å². The highest BCUT2D eigenvalue weighted by Gasteiger charge is 2.19. The zero-order valence-corrected chi connectivity index (χ0v) is 17.1. The zero-order valence-electron chi connectivity index (χ0n) is 16.3. The Morgan fingerprint density at radius 1 is 1.23 bits per heavy atom. The van der Waals surface area contributed by atoms with E-state index in [1.54, 1.807) is 12.1 Å². The number of benzene rings is 2. The van der Waals surface area contributed by atoms with Gasteiger partial charge in [-0.1, -0.05) is 0 Å². The molecule has 0 saturated heterocycles. The Hall–Kier alpha value is -2.79. The first-order valence-electron chi connectivity index (χ1n) is 9.38. The van der Waals surface area contributed by atoms with E-state index in [-0.39, 0.29) is 43.7 Å². The monoisotopic (exact) mass is 449 g/mol. The lowest BCUT2D eigenvalue weighted by atomic mass is 9.97. The molecule has 0 spiro atoms. The number of rotatable bonds is 10. The number of carbonyl (C=O) groups excluding carboxylic acids is 1. The van der Waals surface area contributed by atoms with Gasteiger partial charge in [-0.05, 0) is 54.8 Å². The summed E-state index contributed by atoms with van der Waals surface area (Å²) in [6, 6.07) is 8.04. The van der Waals surface area contributed by atoms with Crippen molar-refractivity contribution >= 4 is 28.0 Å². The fourth-order valence-corrected chi connectivity index (χ4v) is 3.39. The molecule has 2 N–H and O–H groups in total. The van der Waals surface area contributed by atoms with Crippen LogP contribution < -0.4 is 9.46 Å². The topological polar surface area (TPSA) is 112 Å². The molecule has 3 rings (SSSR count). The summed E-state index contributed by atoms with van der Waals surface area (Å²) in [7, 11) is 0. The quantitative estimate of drug-likeness (QED) is 0.279. The third-order valence-corrected chi connectivity index (χ3v) is 4.92. The number of halogens is 2. The Labute approximate surface area is 179 Å². The van der Waals surface area contributed by atoms with Crippen molar-refractivity contribution in [2.75, 3.05) is 19.8 Å². The summed E-state index contributed by atoms with van der Waals surface area (Å²) >= 11 is -2.43. The first-order chi connectivity index (χ1) is 14.9. The molecule has 0 aliphatic heterocycles. The van der Waals surface area contributed by atoms with Gasteiger partial charge >= 0.3 is 0 Å². The SMILES string of the molecule is O=C(c1ccc2ncc(OCCO)cc2c1)c1cc(F)cc(CCCNS(=O)[O-])c1F. The normalized spacial score (nSPS) is 12.1. The van der Waals surface area contributed by atoms with Crippen molar-refractivity contribution in [2.45, 2.75) is 12.8 Å². The maximum absolute atomic E-state index is 14.9. The minimum atomic E-state index is -2.43. The van der Waals surface area contributed by atoms with Gasteiger partial charge in [-0.25, -0.2) is 13.5 Å². The van der Waals surface area contributed by atoms with Gasteiger partial charge in [0.2, 0.25) is 0 Å². The first kappa shape index (κ1) is 22.9. The van der Waals surface area contributed by atoms with Crippen LogP contribution in [0.5, 0.6) is 5.75 Å². The van der Waals surface area contributed by atoms with Crippen molar-refractivity contribution in [1.29, 1.82) is 0 Å². The van der Waals surface area contributed by atoms with Gasteiger partial charge in [0.05, 0.1) is 23.9 Å². The van der Waals surface area contributed by atoms with Gasteiger partial charge in [-0.3, -0.25) is 14.0 Å². The van der Waals surface area contributed by atoms with Crippen LogP contribution in [-0.2, 0) is 17.7 Å². The number of aliphatic hydroxyl groups is 1. The Kier molecular flexibility index (Phi) is 7.75. The Bertz CT molecular complexity index is 1130. The number of carbonyl (C=O) groups is 1. The van der Waals surface area contributed by atoms with Crippen LogP contribution in [0.25, 0.3) is 10.9 Å². The fourth-order valence-electron chi connectivity index (χ4n) is 3.08. The first-order valence-corrected chi connectivity index (χ1v) is 10.5. The Morgan fingerprint density at radius 2 is 2.03 bits per heavy atom. The van der Waals surface area contributed by atoms with Crippen LogP contribution in [-0.4, -0.2) is 44.4 Å². The van der Waals surface area contributed by atoms with Crippen molar-refractivity contribution in [2.24, 2.45) is 0 Å². The van der Waals surface area contributed by atoms with Crippen LogP contribution in [0.15, 0.2) is 42.6 Å². The predicted octanol–water partition coefficient (Wildman–Crippen LogP) is 2.43. The number of ether oxygens (including phenoxy) is 1. The number of pyridine rings is 1. The smallest absolute Gasteiger partial charge is 0.196 e. The summed E-state index contributed by atoms with van der Waals surface area (Å²) in [6.45, 7) is -0.0143. The van der Waals surface area contributed by atoms with Crippen molar-refractivity contribution in [3.63, 3.8) is 0 Å². The lowest BCUT2D eigenvalue weighted by Gasteiger charge is -2.11. The van der Waals surface area contributed by atoms with Crippen molar-refractivity contribution < 1.29 is 32.2 Å². The van der Waals surface area contributed by atoms with Gasteiger partial charge in [-0.2, -0.15) is 0 Å². The van der Waals surface area contributed by atoms with Crippen LogP contribution in [0.2, 0.25) is 0 Å². The number of aromatic nitrogens is 1. The summed E-state index contributed by atoms with van der Waals surface area (Å²) in [5.74, 6) is -1.89.